The fourth-order valence-electron chi connectivity index (χ4n) is 6.77. The van der Waals surface area contributed by atoms with Crippen LogP contribution < -0.4 is 9.46 Å². The summed E-state index contributed by atoms with van der Waals surface area (Å²) >= 11 is 0. The molecule has 2 aliphatic heterocycles. The Morgan fingerprint density at radius 3 is 2.48 bits per heavy atom. The van der Waals surface area contributed by atoms with Crippen LogP contribution >= 0.6 is 0 Å². The molecule has 0 radical (unpaired) electrons. The smallest absolute Gasteiger partial charge is 0.303 e. The third kappa shape index (κ3) is 5.57. The molecular formula is C32H43N5O4S. The van der Waals surface area contributed by atoms with Crippen molar-refractivity contribution in [3.8, 4) is 17.0 Å². The first-order valence-corrected chi connectivity index (χ1v) is 16.6. The van der Waals surface area contributed by atoms with Crippen LogP contribution in [0.1, 0.15) is 59.5 Å². The molecule has 1 aromatic heterocycles. The fourth-order valence-corrected chi connectivity index (χ4v) is 7.60. The van der Waals surface area contributed by atoms with E-state index in [9.17, 15) is 13.2 Å². The summed E-state index contributed by atoms with van der Waals surface area (Å²) in [5, 5.41) is 1.14. The highest BCUT2D eigenvalue weighted by Crippen LogP contribution is 2.47. The second-order valence-corrected chi connectivity index (χ2v) is 14.2. The average molecular weight is 594 g/mol. The summed E-state index contributed by atoms with van der Waals surface area (Å²) in [6.45, 7) is 5.78. The van der Waals surface area contributed by atoms with E-state index in [4.69, 9.17) is 4.74 Å². The van der Waals surface area contributed by atoms with Gasteiger partial charge in [0.05, 0.1) is 11.7 Å². The molecule has 10 heteroatoms. The zero-order valence-electron chi connectivity index (χ0n) is 25.2. The maximum atomic E-state index is 13.4. The minimum atomic E-state index is -3.98. The van der Waals surface area contributed by atoms with E-state index in [-0.39, 0.29) is 12.6 Å². The van der Waals surface area contributed by atoms with Gasteiger partial charge in [-0.15, -0.1) is 0 Å². The van der Waals surface area contributed by atoms with Crippen LogP contribution in [-0.4, -0.2) is 93.0 Å². The molecule has 0 saturated heterocycles. The molecule has 2 aromatic carbocycles. The van der Waals surface area contributed by atoms with Crippen molar-refractivity contribution in [1.29, 1.82) is 0 Å². The number of amides is 1. The second-order valence-electron chi connectivity index (χ2n) is 12.4. The van der Waals surface area contributed by atoms with Gasteiger partial charge in [0.15, 0.2) is 0 Å². The maximum Gasteiger partial charge on any atom is 0.303 e. The van der Waals surface area contributed by atoms with Crippen LogP contribution in [0.4, 0.5) is 0 Å². The van der Waals surface area contributed by atoms with Gasteiger partial charge in [-0.2, -0.15) is 12.7 Å². The molecule has 1 N–H and O–H groups in total. The van der Waals surface area contributed by atoms with Gasteiger partial charge in [0.25, 0.3) is 5.91 Å². The normalized spacial score (nSPS) is 23.3. The molecule has 1 aliphatic carbocycles. The molecule has 1 amide bonds. The van der Waals surface area contributed by atoms with E-state index in [2.05, 4.69) is 51.3 Å². The second kappa shape index (κ2) is 11.6. The van der Waals surface area contributed by atoms with Crippen molar-refractivity contribution >= 4 is 27.0 Å². The van der Waals surface area contributed by atoms with E-state index < -0.39 is 16.1 Å². The lowest BCUT2D eigenvalue weighted by Crippen LogP contribution is -2.46. The first-order chi connectivity index (χ1) is 20.1. The van der Waals surface area contributed by atoms with Gasteiger partial charge in [-0.1, -0.05) is 31.4 Å². The van der Waals surface area contributed by atoms with Crippen LogP contribution in [0.25, 0.3) is 22.2 Å². The highest BCUT2D eigenvalue weighted by atomic mass is 32.2. The Hall–Kier alpha value is -2.92. The lowest BCUT2D eigenvalue weighted by Gasteiger charge is -2.33. The monoisotopic (exact) mass is 593 g/mol. The molecule has 1 atom stereocenters. The minimum Gasteiger partial charge on any atom is -0.491 e. The number of fused-ring (bicyclic) bond motifs is 4. The van der Waals surface area contributed by atoms with E-state index in [1.807, 2.05) is 19.2 Å². The Kier molecular flexibility index (Phi) is 8.08. The zero-order chi connectivity index (χ0) is 29.6. The van der Waals surface area contributed by atoms with E-state index >= 15 is 0 Å². The van der Waals surface area contributed by atoms with Gasteiger partial charge in [0, 0.05) is 61.8 Å². The van der Waals surface area contributed by atoms with Gasteiger partial charge in [0.2, 0.25) is 0 Å². The number of hydrogen-bond donors (Lipinski definition) is 1. The minimum absolute atomic E-state index is 0.106. The lowest BCUT2D eigenvalue weighted by molar-refractivity contribution is 0.0979. The van der Waals surface area contributed by atoms with Crippen molar-refractivity contribution in [2.24, 2.45) is 0 Å². The van der Waals surface area contributed by atoms with Gasteiger partial charge in [-0.05, 0) is 75.2 Å². The highest BCUT2D eigenvalue weighted by Gasteiger charge is 2.32. The van der Waals surface area contributed by atoms with Gasteiger partial charge in [-0.25, -0.2) is 4.72 Å². The zero-order valence-corrected chi connectivity index (χ0v) is 26.0. The number of aryl methyl sites for hydroxylation is 1. The molecular weight excluding hydrogens is 550 g/mol. The van der Waals surface area contributed by atoms with Crippen LogP contribution in [0.15, 0.2) is 36.4 Å². The number of nitrogens with zero attached hydrogens (tertiary/aromatic N) is 4. The summed E-state index contributed by atoms with van der Waals surface area (Å²) in [4.78, 5) is 17.9. The van der Waals surface area contributed by atoms with Crippen LogP contribution in [0.3, 0.4) is 0 Å². The first-order valence-electron chi connectivity index (χ1n) is 15.2. The Morgan fingerprint density at radius 1 is 0.929 bits per heavy atom. The summed E-state index contributed by atoms with van der Waals surface area (Å²) in [5.74, 6) is 0.699. The van der Waals surface area contributed by atoms with Crippen molar-refractivity contribution in [2.75, 3.05) is 53.9 Å². The number of hydrogen-bond acceptors (Lipinski definition) is 6. The Balaban J connectivity index is 1.59. The summed E-state index contributed by atoms with van der Waals surface area (Å²) < 4.78 is 38.6. The van der Waals surface area contributed by atoms with Crippen molar-refractivity contribution in [3.05, 3.63) is 53.1 Å². The van der Waals surface area contributed by atoms with Gasteiger partial charge in [-0.3, -0.25) is 9.69 Å². The van der Waals surface area contributed by atoms with Crippen molar-refractivity contribution in [3.63, 3.8) is 0 Å². The maximum absolute atomic E-state index is 13.4. The number of ether oxygens (including phenoxy) is 1. The molecule has 3 aromatic rings. The number of carbonyl (C=O) groups is 1. The van der Waals surface area contributed by atoms with Crippen molar-refractivity contribution in [2.45, 2.75) is 57.5 Å². The standard InChI is InChI=1S/C32H43N5O4S/c1-22-10-12-27-29(18-22)41-21-25-20-37-28-19-24(11-13-26(28)30(31(27)37)23-8-6-5-7-9-23)32(38)33-42(39,40)36(4)17-15-34(2)14-16-35(25)3/h10-13,18-19,23,25H,5-9,14-17,20-21H2,1-4H3,(H,33,38). The molecule has 42 heavy (non-hydrogen) atoms. The van der Waals surface area contributed by atoms with Crippen LogP contribution in [0, 0.1) is 6.92 Å². The molecule has 226 valence electrons. The number of likely N-dealkylation sites (N-methyl/N-ethyl adjacent to an activating group) is 3. The topological polar surface area (TPSA) is 87.1 Å². The van der Waals surface area contributed by atoms with Crippen LogP contribution in [0.5, 0.6) is 5.75 Å². The number of carbonyl (C=O) groups excluding carboxylic acids is 1. The molecule has 1 unspecified atom stereocenters. The van der Waals surface area contributed by atoms with Gasteiger partial charge >= 0.3 is 10.2 Å². The number of benzene rings is 2. The highest BCUT2D eigenvalue weighted by molar-refractivity contribution is 7.87. The van der Waals surface area contributed by atoms with Gasteiger partial charge in [0.1, 0.15) is 12.4 Å². The van der Waals surface area contributed by atoms with Gasteiger partial charge < -0.3 is 14.2 Å². The summed E-state index contributed by atoms with van der Waals surface area (Å²) in [5.41, 5.74) is 6.06. The quantitative estimate of drug-likeness (QED) is 0.455. The molecule has 3 heterocycles. The van der Waals surface area contributed by atoms with E-state index in [0.717, 1.165) is 53.7 Å². The van der Waals surface area contributed by atoms with E-state index in [1.165, 1.54) is 41.9 Å². The Bertz CT molecular complexity index is 1590. The molecule has 6 rings (SSSR count). The Labute approximate surface area is 249 Å². The molecule has 3 aliphatic rings. The predicted octanol–water partition coefficient (Wildman–Crippen LogP) is 4.21. The molecule has 1 fully saturated rings. The van der Waals surface area contributed by atoms with E-state index in [1.54, 1.807) is 6.07 Å². The van der Waals surface area contributed by atoms with E-state index in [0.29, 0.717) is 31.2 Å². The van der Waals surface area contributed by atoms with Crippen LogP contribution in [-0.2, 0) is 16.8 Å². The average Bonchev–Trinajstić information content (AvgIpc) is 3.27. The third-order valence-corrected chi connectivity index (χ3v) is 10.9. The van der Waals surface area contributed by atoms with Crippen molar-refractivity contribution in [1.82, 2.24) is 23.4 Å². The fraction of sp³-hybridized carbons (Fsp3) is 0.531. The first kappa shape index (κ1) is 29.2. The van der Waals surface area contributed by atoms with Crippen LogP contribution in [0.2, 0.25) is 0 Å². The molecule has 4 bridgehead atoms. The largest absolute Gasteiger partial charge is 0.491 e. The Morgan fingerprint density at radius 2 is 1.69 bits per heavy atom. The lowest BCUT2D eigenvalue weighted by atomic mass is 9.81. The molecule has 9 nitrogen and oxygen atoms in total. The number of rotatable bonds is 1. The summed E-state index contributed by atoms with van der Waals surface area (Å²) in [6.07, 6.45) is 5.95. The summed E-state index contributed by atoms with van der Waals surface area (Å²) in [7, 11) is 1.67. The molecule has 1 saturated carbocycles. The number of nitrogens with one attached hydrogen (secondary N) is 1. The SMILES string of the molecule is Cc1ccc2c(c1)OCC1Cn3c-2c(C2CCCCC2)c2ccc(cc23)C(=O)NS(=O)(=O)N(C)CCN(C)CCN1C. The number of aromatic nitrogens is 1. The molecule has 0 spiro atoms. The predicted molar refractivity (Wildman–Crippen MR) is 166 cm³/mol. The van der Waals surface area contributed by atoms with Crippen molar-refractivity contribution < 1.29 is 17.9 Å². The summed E-state index contributed by atoms with van der Waals surface area (Å²) in [6, 6.07) is 12.3. The third-order valence-electron chi connectivity index (χ3n) is 9.48.